The van der Waals surface area contributed by atoms with E-state index in [0.717, 1.165) is 23.9 Å². The number of halogens is 3. The number of hydrogen-bond acceptors (Lipinski definition) is 5. The molecule has 0 radical (unpaired) electrons. The molecular formula is C15H11F3N4O2. The van der Waals surface area contributed by atoms with Gasteiger partial charge in [0.2, 0.25) is 5.71 Å². The molecule has 9 heteroatoms. The highest BCUT2D eigenvalue weighted by Crippen LogP contribution is 2.29. The number of pyridine rings is 1. The van der Waals surface area contributed by atoms with Crippen LogP contribution < -0.4 is 5.32 Å². The fourth-order valence-electron chi connectivity index (χ4n) is 2.15. The molecule has 0 atom stereocenters. The maximum Gasteiger partial charge on any atom is 0.433 e. The molecule has 3 rings (SSSR count). The number of rotatable bonds is 2. The van der Waals surface area contributed by atoms with Gasteiger partial charge in [0.25, 0.3) is 5.91 Å². The first-order valence-corrected chi connectivity index (χ1v) is 6.82. The number of anilines is 1. The van der Waals surface area contributed by atoms with Crippen molar-refractivity contribution in [3.05, 3.63) is 47.2 Å². The maximum atomic E-state index is 12.5. The van der Waals surface area contributed by atoms with Crippen LogP contribution >= 0.6 is 0 Å². The topological polar surface area (TPSA) is 80.9 Å². The number of amides is 1. The van der Waals surface area contributed by atoms with E-state index in [9.17, 15) is 18.0 Å². The van der Waals surface area contributed by atoms with Crippen LogP contribution in [-0.2, 0) is 6.18 Å². The molecule has 0 aliphatic rings. The third-order valence-electron chi connectivity index (χ3n) is 3.51. The summed E-state index contributed by atoms with van der Waals surface area (Å²) in [5.41, 5.74) is 0.00435. The Balaban J connectivity index is 1.90. The zero-order valence-corrected chi connectivity index (χ0v) is 12.6. The van der Waals surface area contributed by atoms with E-state index in [-0.39, 0.29) is 11.4 Å². The van der Waals surface area contributed by atoms with Crippen LogP contribution in [-0.4, -0.2) is 20.9 Å². The molecule has 0 fully saturated rings. The van der Waals surface area contributed by atoms with Crippen molar-refractivity contribution in [1.82, 2.24) is 15.0 Å². The number of aromatic nitrogens is 3. The Kier molecular flexibility index (Phi) is 3.70. The molecule has 3 heterocycles. The summed E-state index contributed by atoms with van der Waals surface area (Å²) in [5, 5.41) is 3.09. The van der Waals surface area contributed by atoms with E-state index in [1.165, 1.54) is 6.33 Å². The lowest BCUT2D eigenvalue weighted by atomic mass is 10.2. The predicted molar refractivity (Wildman–Crippen MR) is 78.5 cm³/mol. The van der Waals surface area contributed by atoms with E-state index in [1.807, 2.05) is 0 Å². The van der Waals surface area contributed by atoms with Gasteiger partial charge < -0.3 is 9.73 Å². The highest BCUT2D eigenvalue weighted by atomic mass is 19.4. The molecule has 0 aliphatic carbocycles. The average Bonchev–Trinajstić information content (AvgIpc) is 2.82. The fraction of sp³-hybridized carbons (Fsp3) is 0.200. The number of furan rings is 1. The average molecular weight is 336 g/mol. The number of alkyl halides is 3. The fourth-order valence-corrected chi connectivity index (χ4v) is 2.15. The van der Waals surface area contributed by atoms with Gasteiger partial charge >= 0.3 is 6.18 Å². The van der Waals surface area contributed by atoms with Crippen molar-refractivity contribution in [2.75, 3.05) is 5.32 Å². The minimum Gasteiger partial charge on any atom is -0.443 e. The first-order valence-electron chi connectivity index (χ1n) is 6.82. The van der Waals surface area contributed by atoms with E-state index >= 15 is 0 Å². The smallest absolute Gasteiger partial charge is 0.433 e. The highest BCUT2D eigenvalue weighted by molar-refractivity contribution is 6.07. The zero-order valence-electron chi connectivity index (χ0n) is 12.6. The van der Waals surface area contributed by atoms with Crippen LogP contribution in [0, 0.1) is 13.8 Å². The second-order valence-corrected chi connectivity index (χ2v) is 5.07. The third kappa shape index (κ3) is 2.80. The molecule has 0 saturated heterocycles. The van der Waals surface area contributed by atoms with Gasteiger partial charge in [-0.3, -0.25) is 9.78 Å². The van der Waals surface area contributed by atoms with Crippen LogP contribution in [0.3, 0.4) is 0 Å². The van der Waals surface area contributed by atoms with Gasteiger partial charge in [0.15, 0.2) is 0 Å². The van der Waals surface area contributed by atoms with Crippen molar-refractivity contribution in [2.45, 2.75) is 20.0 Å². The monoisotopic (exact) mass is 336 g/mol. The maximum absolute atomic E-state index is 12.5. The molecule has 1 N–H and O–H groups in total. The number of carbonyl (C=O) groups is 1. The van der Waals surface area contributed by atoms with Crippen molar-refractivity contribution in [3.63, 3.8) is 0 Å². The molecule has 24 heavy (non-hydrogen) atoms. The van der Waals surface area contributed by atoms with Gasteiger partial charge in [0.05, 0.1) is 10.9 Å². The van der Waals surface area contributed by atoms with E-state index in [1.54, 1.807) is 13.8 Å². The SMILES string of the molecule is Cc1oc2ncnc(NC(=O)c3ccc(C(F)(F)F)nc3)c2c1C. The third-order valence-corrected chi connectivity index (χ3v) is 3.51. The number of nitrogens with one attached hydrogen (secondary N) is 1. The van der Waals surface area contributed by atoms with Crippen LogP contribution in [0.2, 0.25) is 0 Å². The lowest BCUT2D eigenvalue weighted by Gasteiger charge is -2.07. The number of aryl methyl sites for hydroxylation is 2. The van der Waals surface area contributed by atoms with Crippen molar-refractivity contribution in [2.24, 2.45) is 0 Å². The molecule has 0 aliphatic heterocycles. The Bertz CT molecular complexity index is 917. The first-order chi connectivity index (χ1) is 11.3. The molecule has 1 amide bonds. The lowest BCUT2D eigenvalue weighted by Crippen LogP contribution is -2.15. The minimum atomic E-state index is -4.56. The summed E-state index contributed by atoms with van der Waals surface area (Å²) in [6, 6.07) is 1.80. The van der Waals surface area contributed by atoms with Crippen molar-refractivity contribution in [3.8, 4) is 0 Å². The molecule has 124 valence electrons. The molecule has 3 aromatic heterocycles. The summed E-state index contributed by atoms with van der Waals surface area (Å²) in [6.07, 6.45) is -2.46. The van der Waals surface area contributed by atoms with Gasteiger partial charge in [-0.2, -0.15) is 13.2 Å². The Morgan fingerprint density at radius 3 is 2.54 bits per heavy atom. The Morgan fingerprint density at radius 2 is 1.92 bits per heavy atom. The number of hydrogen-bond donors (Lipinski definition) is 1. The standard InChI is InChI=1S/C15H11F3N4O2/c1-7-8(2)24-14-11(7)12(20-6-21-14)22-13(23)9-3-4-10(19-5-9)15(16,17)18/h3-6H,1-2H3,(H,20,21,22,23). The quantitative estimate of drug-likeness (QED) is 0.774. The molecule has 3 aromatic rings. The van der Waals surface area contributed by atoms with E-state index in [4.69, 9.17) is 4.42 Å². The normalized spacial score (nSPS) is 11.7. The summed E-state index contributed by atoms with van der Waals surface area (Å²) in [4.78, 5) is 23.4. The minimum absolute atomic E-state index is 0.0207. The summed E-state index contributed by atoms with van der Waals surface area (Å²) in [6.45, 7) is 3.54. The molecule has 0 saturated carbocycles. The van der Waals surface area contributed by atoms with Gasteiger partial charge in [-0.1, -0.05) is 0 Å². The second kappa shape index (κ2) is 5.59. The summed E-state index contributed by atoms with van der Waals surface area (Å²) in [5.74, 6) is 0.228. The Labute approximate surface area is 133 Å². The van der Waals surface area contributed by atoms with Crippen LogP contribution in [0.1, 0.15) is 27.4 Å². The molecule has 0 spiro atoms. The van der Waals surface area contributed by atoms with Crippen LogP contribution in [0.5, 0.6) is 0 Å². The van der Waals surface area contributed by atoms with Gasteiger partial charge in [-0.15, -0.1) is 0 Å². The molecule has 0 bridgehead atoms. The Hall–Kier alpha value is -2.97. The number of nitrogens with zero attached hydrogens (tertiary/aromatic N) is 3. The lowest BCUT2D eigenvalue weighted by molar-refractivity contribution is -0.141. The van der Waals surface area contributed by atoms with E-state index in [2.05, 4.69) is 20.3 Å². The van der Waals surface area contributed by atoms with Crippen LogP contribution in [0.25, 0.3) is 11.1 Å². The number of fused-ring (bicyclic) bond motifs is 1. The highest BCUT2D eigenvalue weighted by Gasteiger charge is 2.32. The molecule has 0 aromatic carbocycles. The summed E-state index contributed by atoms with van der Waals surface area (Å²) >= 11 is 0. The van der Waals surface area contributed by atoms with E-state index in [0.29, 0.717) is 16.9 Å². The van der Waals surface area contributed by atoms with Gasteiger partial charge in [-0.25, -0.2) is 9.97 Å². The second-order valence-electron chi connectivity index (χ2n) is 5.07. The van der Waals surface area contributed by atoms with Gasteiger partial charge in [0, 0.05) is 11.8 Å². The van der Waals surface area contributed by atoms with Crippen molar-refractivity contribution >= 4 is 22.8 Å². The summed E-state index contributed by atoms with van der Waals surface area (Å²) < 4.78 is 42.9. The van der Waals surface area contributed by atoms with E-state index < -0.39 is 17.8 Å². The largest absolute Gasteiger partial charge is 0.443 e. The van der Waals surface area contributed by atoms with Gasteiger partial charge in [0.1, 0.15) is 23.6 Å². The number of carbonyl (C=O) groups excluding carboxylic acids is 1. The zero-order chi connectivity index (χ0) is 17.5. The van der Waals surface area contributed by atoms with Crippen molar-refractivity contribution in [1.29, 1.82) is 0 Å². The molecule has 0 unspecified atom stereocenters. The summed E-state index contributed by atoms with van der Waals surface area (Å²) in [7, 11) is 0. The van der Waals surface area contributed by atoms with Gasteiger partial charge in [-0.05, 0) is 26.0 Å². The predicted octanol–water partition coefficient (Wildman–Crippen LogP) is 3.51. The van der Waals surface area contributed by atoms with Crippen LogP contribution in [0.15, 0.2) is 29.1 Å². The molecular weight excluding hydrogens is 325 g/mol. The van der Waals surface area contributed by atoms with Crippen molar-refractivity contribution < 1.29 is 22.4 Å². The first kappa shape index (κ1) is 15.9. The molecule has 6 nitrogen and oxygen atoms in total. The Morgan fingerprint density at radius 1 is 1.17 bits per heavy atom. The van der Waals surface area contributed by atoms with Crippen LogP contribution in [0.4, 0.5) is 19.0 Å².